The lowest BCUT2D eigenvalue weighted by Crippen LogP contribution is -2.45. The highest BCUT2D eigenvalue weighted by molar-refractivity contribution is 5.83. The number of aromatic nitrogens is 2. The fourth-order valence-corrected chi connectivity index (χ4v) is 4.62. The topological polar surface area (TPSA) is 94.6 Å². The van der Waals surface area contributed by atoms with E-state index in [0.717, 1.165) is 0 Å². The number of nitrogens with one attached hydrogen (secondary N) is 2. The molecule has 0 spiro atoms. The molecular formula is C26H32F4N4O4. The van der Waals surface area contributed by atoms with Crippen LogP contribution in [0.5, 0.6) is 0 Å². The van der Waals surface area contributed by atoms with Crippen LogP contribution < -0.4 is 10.6 Å². The van der Waals surface area contributed by atoms with E-state index in [9.17, 15) is 22.4 Å². The molecule has 1 aliphatic carbocycles. The number of aryl methyl sites for hydroxylation is 1. The molecule has 38 heavy (non-hydrogen) atoms. The minimum absolute atomic E-state index is 0.0699. The summed E-state index contributed by atoms with van der Waals surface area (Å²) in [6.07, 6.45) is -7.29. The number of carbonyl (C=O) groups is 1. The molecule has 1 unspecified atom stereocenters. The van der Waals surface area contributed by atoms with Gasteiger partial charge in [0, 0.05) is 12.2 Å². The lowest BCUT2D eigenvalue weighted by molar-refractivity contribution is -0.136. The first-order chi connectivity index (χ1) is 18.1. The van der Waals surface area contributed by atoms with Crippen molar-refractivity contribution >= 4 is 11.7 Å². The molecule has 1 amide bonds. The number of nitrogens with zero attached hydrogens (tertiary/aromatic N) is 2. The molecule has 208 valence electrons. The summed E-state index contributed by atoms with van der Waals surface area (Å²) >= 11 is 0. The van der Waals surface area contributed by atoms with E-state index in [4.69, 9.17) is 14.2 Å². The summed E-state index contributed by atoms with van der Waals surface area (Å²) in [5, 5.41) is 5.69. The van der Waals surface area contributed by atoms with Crippen molar-refractivity contribution in [3.63, 3.8) is 0 Å². The predicted octanol–water partition coefficient (Wildman–Crippen LogP) is 5.24. The Bertz CT molecular complexity index is 1160. The van der Waals surface area contributed by atoms with E-state index >= 15 is 0 Å². The number of halogens is 4. The Balaban J connectivity index is 1.75. The molecule has 1 aromatic heterocycles. The van der Waals surface area contributed by atoms with E-state index in [0.29, 0.717) is 11.1 Å². The maximum atomic E-state index is 13.6. The van der Waals surface area contributed by atoms with Crippen LogP contribution in [0.1, 0.15) is 85.3 Å². The molecule has 1 saturated carbocycles. The van der Waals surface area contributed by atoms with Crippen molar-refractivity contribution in [2.75, 3.05) is 25.1 Å². The Morgan fingerprint density at radius 3 is 2.37 bits per heavy atom. The number of hydrogen-bond donors (Lipinski definition) is 2. The molecule has 2 aromatic rings. The summed E-state index contributed by atoms with van der Waals surface area (Å²) in [5.74, 6) is -0.204. The second-order valence-electron chi connectivity index (χ2n) is 9.50. The zero-order valence-corrected chi connectivity index (χ0v) is 21.7. The summed E-state index contributed by atoms with van der Waals surface area (Å²) < 4.78 is 71.4. The van der Waals surface area contributed by atoms with Gasteiger partial charge in [0.05, 0.1) is 30.5 Å². The minimum atomic E-state index is -2.72. The van der Waals surface area contributed by atoms with E-state index in [1.165, 1.54) is 6.07 Å². The molecule has 1 aromatic carbocycles. The molecule has 2 N–H and O–H groups in total. The second kappa shape index (κ2) is 11.5. The van der Waals surface area contributed by atoms with Gasteiger partial charge < -0.3 is 24.8 Å². The highest BCUT2D eigenvalue weighted by Crippen LogP contribution is 2.42. The number of hydrogen-bond acceptors (Lipinski definition) is 7. The summed E-state index contributed by atoms with van der Waals surface area (Å²) in [6.45, 7) is 7.38. The summed E-state index contributed by atoms with van der Waals surface area (Å²) in [7, 11) is 0. The predicted molar refractivity (Wildman–Crippen MR) is 130 cm³/mol. The van der Waals surface area contributed by atoms with Crippen LogP contribution in [0.25, 0.3) is 0 Å². The van der Waals surface area contributed by atoms with E-state index in [1.54, 1.807) is 39.8 Å². The zero-order valence-electron chi connectivity index (χ0n) is 21.7. The molecule has 12 heteroatoms. The summed E-state index contributed by atoms with van der Waals surface area (Å²) in [6, 6.07) is 4.21. The van der Waals surface area contributed by atoms with Crippen molar-refractivity contribution in [2.24, 2.45) is 0 Å². The number of anilines is 1. The highest BCUT2D eigenvalue weighted by atomic mass is 19.3. The Morgan fingerprint density at radius 1 is 1.13 bits per heavy atom. The average Bonchev–Trinajstić information content (AvgIpc) is 3.44. The molecule has 8 nitrogen and oxygen atoms in total. The van der Waals surface area contributed by atoms with Gasteiger partial charge in [-0.3, -0.25) is 4.79 Å². The summed E-state index contributed by atoms with van der Waals surface area (Å²) in [4.78, 5) is 22.2. The van der Waals surface area contributed by atoms with Gasteiger partial charge in [-0.15, -0.1) is 0 Å². The van der Waals surface area contributed by atoms with Crippen molar-refractivity contribution in [1.82, 2.24) is 15.3 Å². The Kier molecular flexibility index (Phi) is 8.53. The molecular weight excluding hydrogens is 508 g/mol. The van der Waals surface area contributed by atoms with E-state index in [-0.39, 0.29) is 61.1 Å². The summed E-state index contributed by atoms with van der Waals surface area (Å²) in [5.41, 5.74) is -0.153. The standard InChI is InChI=1S/C26H32F4N4O4/c1-5-36-20(23(35)34-26(9-10-26)25(29)30)19-18(24-37-11-12-38-24)22(33-15(4)32-19)31-14(3)16-7-6-8-17(13(16)2)21(27)28/h6-8,14,20-21,24-25H,5,9-12H2,1-4H3,(H,34,35)(H,31,32,33)/t14-,20?/m1/s1. The lowest BCUT2D eigenvalue weighted by atomic mass is 9.97. The van der Waals surface area contributed by atoms with Crippen molar-refractivity contribution < 1.29 is 36.6 Å². The number of ether oxygens (including phenoxy) is 3. The minimum Gasteiger partial charge on any atom is -0.363 e. The van der Waals surface area contributed by atoms with Crippen LogP contribution in [0, 0.1) is 13.8 Å². The number of carbonyl (C=O) groups excluding carboxylic acids is 1. The maximum Gasteiger partial charge on any atom is 0.264 e. The monoisotopic (exact) mass is 540 g/mol. The Hall–Kier alpha value is -2.83. The third kappa shape index (κ3) is 5.76. The molecule has 2 heterocycles. The first-order valence-electron chi connectivity index (χ1n) is 12.6. The van der Waals surface area contributed by atoms with Gasteiger partial charge >= 0.3 is 0 Å². The zero-order chi connectivity index (χ0) is 27.6. The number of rotatable bonds is 11. The van der Waals surface area contributed by atoms with E-state index in [2.05, 4.69) is 20.6 Å². The van der Waals surface area contributed by atoms with Gasteiger partial charge in [-0.05, 0) is 51.7 Å². The first-order valence-corrected chi connectivity index (χ1v) is 12.6. The SMILES string of the molecule is CCOC(C(=O)NC1(C(F)F)CC1)c1nc(C)nc(N[C@H](C)c2cccc(C(F)F)c2C)c1C1OCCO1. The average molecular weight is 541 g/mol. The molecule has 2 atom stereocenters. The van der Waals surface area contributed by atoms with Gasteiger partial charge in [-0.25, -0.2) is 27.5 Å². The molecule has 1 aliphatic heterocycles. The van der Waals surface area contributed by atoms with Crippen molar-refractivity contribution in [1.29, 1.82) is 0 Å². The molecule has 2 aliphatic rings. The Morgan fingerprint density at radius 2 is 1.79 bits per heavy atom. The third-order valence-corrected chi connectivity index (χ3v) is 6.82. The van der Waals surface area contributed by atoms with Crippen LogP contribution in [0.4, 0.5) is 23.4 Å². The lowest BCUT2D eigenvalue weighted by Gasteiger charge is -2.27. The van der Waals surface area contributed by atoms with Gasteiger partial charge in [-0.2, -0.15) is 0 Å². The second-order valence-corrected chi connectivity index (χ2v) is 9.50. The molecule has 4 rings (SSSR count). The smallest absolute Gasteiger partial charge is 0.264 e. The van der Waals surface area contributed by atoms with Crippen LogP contribution in [0.3, 0.4) is 0 Å². The fraction of sp³-hybridized carbons (Fsp3) is 0.577. The van der Waals surface area contributed by atoms with Gasteiger partial charge in [0.15, 0.2) is 12.4 Å². The van der Waals surface area contributed by atoms with Crippen LogP contribution >= 0.6 is 0 Å². The van der Waals surface area contributed by atoms with Crippen molar-refractivity contribution in [2.45, 2.75) is 77.4 Å². The third-order valence-electron chi connectivity index (χ3n) is 6.82. The largest absolute Gasteiger partial charge is 0.363 e. The van der Waals surface area contributed by atoms with E-state index in [1.807, 2.05) is 0 Å². The van der Waals surface area contributed by atoms with Gasteiger partial charge in [0.2, 0.25) is 0 Å². The first kappa shape index (κ1) is 28.2. The Labute approximate surface area is 218 Å². The molecule has 2 fully saturated rings. The fourth-order valence-electron chi connectivity index (χ4n) is 4.62. The van der Waals surface area contributed by atoms with Gasteiger partial charge in [0.1, 0.15) is 17.2 Å². The molecule has 1 saturated heterocycles. The normalized spacial score (nSPS) is 18.6. The van der Waals surface area contributed by atoms with Gasteiger partial charge in [0.25, 0.3) is 18.8 Å². The van der Waals surface area contributed by atoms with Crippen LogP contribution in [-0.4, -0.2) is 47.7 Å². The van der Waals surface area contributed by atoms with Crippen LogP contribution in [0.2, 0.25) is 0 Å². The highest BCUT2D eigenvalue weighted by Gasteiger charge is 2.53. The number of alkyl halides is 4. The molecule has 0 radical (unpaired) electrons. The van der Waals surface area contributed by atoms with E-state index < -0.39 is 42.7 Å². The number of benzene rings is 1. The van der Waals surface area contributed by atoms with Crippen molar-refractivity contribution in [3.05, 3.63) is 52.0 Å². The number of amides is 1. The maximum absolute atomic E-state index is 13.6. The van der Waals surface area contributed by atoms with Crippen molar-refractivity contribution in [3.8, 4) is 0 Å². The van der Waals surface area contributed by atoms with Gasteiger partial charge in [-0.1, -0.05) is 18.2 Å². The van der Waals surface area contributed by atoms with Crippen LogP contribution in [-0.2, 0) is 19.0 Å². The quantitative estimate of drug-likeness (QED) is 0.377. The molecule has 0 bridgehead atoms. The van der Waals surface area contributed by atoms with Crippen LogP contribution in [0.15, 0.2) is 18.2 Å².